The van der Waals surface area contributed by atoms with Crippen molar-refractivity contribution >= 4 is 46.2 Å². The van der Waals surface area contributed by atoms with Crippen LogP contribution in [0.5, 0.6) is 0 Å². The van der Waals surface area contributed by atoms with Crippen LogP contribution in [0, 0.1) is 0 Å². The van der Waals surface area contributed by atoms with Gasteiger partial charge in [0.2, 0.25) is 5.91 Å². The van der Waals surface area contributed by atoms with Crippen molar-refractivity contribution in [2.75, 3.05) is 12.4 Å². The summed E-state index contributed by atoms with van der Waals surface area (Å²) in [5, 5.41) is 5.21. The van der Waals surface area contributed by atoms with E-state index in [1.54, 1.807) is 43.4 Å². The fourth-order valence-corrected chi connectivity index (χ4v) is 2.90. The van der Waals surface area contributed by atoms with E-state index < -0.39 is 0 Å². The average Bonchev–Trinajstić information content (AvgIpc) is 2.99. The minimum absolute atomic E-state index is 0.0888. The summed E-state index contributed by atoms with van der Waals surface area (Å²) in [5.74, 6) is -0.552. The van der Waals surface area contributed by atoms with Crippen molar-refractivity contribution in [3.8, 4) is 0 Å². The van der Waals surface area contributed by atoms with E-state index in [2.05, 4.69) is 10.6 Å². The van der Waals surface area contributed by atoms with Crippen molar-refractivity contribution in [3.63, 3.8) is 0 Å². The molecule has 0 fully saturated rings. The van der Waals surface area contributed by atoms with Crippen molar-refractivity contribution in [1.29, 1.82) is 0 Å². The molecule has 120 valence electrons. The van der Waals surface area contributed by atoms with E-state index >= 15 is 0 Å². The molecule has 0 unspecified atom stereocenters. The van der Waals surface area contributed by atoms with Crippen molar-refractivity contribution < 1.29 is 14.4 Å². The van der Waals surface area contributed by atoms with Gasteiger partial charge in [-0.2, -0.15) is 0 Å². The molecule has 0 saturated heterocycles. The topological polar surface area (TPSA) is 75.3 Å². The Morgan fingerprint density at radius 3 is 2.30 bits per heavy atom. The molecular formula is C16H15ClN2O3S. The summed E-state index contributed by atoms with van der Waals surface area (Å²) in [7, 11) is 1.55. The third-order valence-electron chi connectivity index (χ3n) is 3.09. The number of thiophene rings is 1. The summed E-state index contributed by atoms with van der Waals surface area (Å²) in [6.45, 7) is 0. The molecule has 0 aliphatic heterocycles. The van der Waals surface area contributed by atoms with Crippen LogP contribution in [0.25, 0.3) is 0 Å². The molecule has 0 spiro atoms. The Hall–Kier alpha value is -2.18. The molecule has 1 aromatic heterocycles. The Labute approximate surface area is 142 Å². The second kappa shape index (κ2) is 7.89. The molecule has 0 bridgehead atoms. The van der Waals surface area contributed by atoms with Crippen molar-refractivity contribution in [2.45, 2.75) is 12.8 Å². The Morgan fingerprint density at radius 2 is 1.74 bits per heavy atom. The molecule has 0 aliphatic rings. The second-order valence-electron chi connectivity index (χ2n) is 4.73. The van der Waals surface area contributed by atoms with E-state index in [-0.39, 0.29) is 30.4 Å². The lowest BCUT2D eigenvalue weighted by Crippen LogP contribution is -2.18. The van der Waals surface area contributed by atoms with Crippen LogP contribution in [-0.4, -0.2) is 24.6 Å². The lowest BCUT2D eigenvalue weighted by molar-refractivity contribution is -0.116. The highest BCUT2D eigenvalue weighted by Crippen LogP contribution is 2.23. The van der Waals surface area contributed by atoms with Gasteiger partial charge in [-0.25, -0.2) is 0 Å². The number of amides is 2. The highest BCUT2D eigenvalue weighted by molar-refractivity contribution is 7.18. The monoisotopic (exact) mass is 350 g/mol. The Kier molecular flexibility index (Phi) is 5.90. The van der Waals surface area contributed by atoms with Gasteiger partial charge in [0.1, 0.15) is 0 Å². The smallest absolute Gasteiger partial charge is 0.251 e. The summed E-state index contributed by atoms with van der Waals surface area (Å²) in [4.78, 5) is 35.7. The van der Waals surface area contributed by atoms with Crippen LogP contribution in [0.1, 0.15) is 32.9 Å². The van der Waals surface area contributed by atoms with Gasteiger partial charge in [-0.15, -0.1) is 11.3 Å². The Morgan fingerprint density at radius 1 is 1.04 bits per heavy atom. The maximum absolute atomic E-state index is 11.9. The third kappa shape index (κ3) is 4.91. The summed E-state index contributed by atoms with van der Waals surface area (Å²) in [6, 6.07) is 9.84. The predicted molar refractivity (Wildman–Crippen MR) is 91.4 cm³/mol. The number of nitrogens with one attached hydrogen (secondary N) is 2. The number of carbonyl (C=O) groups is 3. The van der Waals surface area contributed by atoms with Crippen LogP contribution >= 0.6 is 22.9 Å². The van der Waals surface area contributed by atoms with Gasteiger partial charge in [0.05, 0.1) is 9.21 Å². The number of hydrogen-bond donors (Lipinski definition) is 2. The maximum Gasteiger partial charge on any atom is 0.251 e. The molecule has 1 heterocycles. The lowest BCUT2D eigenvalue weighted by Gasteiger charge is -2.06. The normalized spacial score (nSPS) is 10.2. The van der Waals surface area contributed by atoms with Gasteiger partial charge in [0.15, 0.2) is 5.78 Å². The predicted octanol–water partition coefficient (Wildman–Crippen LogP) is 3.36. The molecule has 1 aromatic carbocycles. The summed E-state index contributed by atoms with van der Waals surface area (Å²) >= 11 is 6.98. The van der Waals surface area contributed by atoms with Crippen molar-refractivity contribution in [2.24, 2.45) is 0 Å². The molecule has 23 heavy (non-hydrogen) atoms. The zero-order valence-corrected chi connectivity index (χ0v) is 14.0. The first-order chi connectivity index (χ1) is 11.0. The fourth-order valence-electron chi connectivity index (χ4n) is 1.89. The molecular weight excluding hydrogens is 336 g/mol. The molecule has 2 N–H and O–H groups in total. The van der Waals surface area contributed by atoms with E-state index in [9.17, 15) is 14.4 Å². The molecule has 0 atom stereocenters. The number of halogens is 1. The first kappa shape index (κ1) is 17.2. The van der Waals surface area contributed by atoms with Crippen LogP contribution in [-0.2, 0) is 4.79 Å². The first-order valence-corrected chi connectivity index (χ1v) is 8.09. The molecule has 2 rings (SSSR count). The van der Waals surface area contributed by atoms with Gasteiger partial charge in [0.25, 0.3) is 5.91 Å². The van der Waals surface area contributed by atoms with E-state index in [0.29, 0.717) is 20.5 Å². The molecule has 2 aromatic rings. The molecule has 0 radical (unpaired) electrons. The summed E-state index contributed by atoms with van der Waals surface area (Å²) < 4.78 is 0.550. The summed E-state index contributed by atoms with van der Waals surface area (Å²) in [5.41, 5.74) is 1.09. The number of ketones is 1. The molecule has 7 heteroatoms. The van der Waals surface area contributed by atoms with Crippen LogP contribution in [0.2, 0.25) is 4.34 Å². The van der Waals surface area contributed by atoms with Crippen LogP contribution in [0.15, 0.2) is 36.4 Å². The molecule has 0 aliphatic carbocycles. The van der Waals surface area contributed by atoms with E-state index in [1.165, 1.54) is 11.3 Å². The van der Waals surface area contributed by atoms with Crippen molar-refractivity contribution in [3.05, 3.63) is 51.2 Å². The van der Waals surface area contributed by atoms with Crippen LogP contribution in [0.3, 0.4) is 0 Å². The second-order valence-corrected chi connectivity index (χ2v) is 6.45. The fraction of sp³-hybridized carbons (Fsp3) is 0.188. The number of hydrogen-bond acceptors (Lipinski definition) is 4. The average molecular weight is 351 g/mol. The minimum atomic E-state index is -0.256. The van der Waals surface area contributed by atoms with Gasteiger partial charge in [-0.1, -0.05) is 11.6 Å². The zero-order valence-electron chi connectivity index (χ0n) is 12.4. The number of carbonyl (C=O) groups excluding carboxylic acids is 3. The zero-order chi connectivity index (χ0) is 16.8. The van der Waals surface area contributed by atoms with Gasteiger partial charge in [-0.05, 0) is 36.4 Å². The quantitative estimate of drug-likeness (QED) is 0.784. The van der Waals surface area contributed by atoms with Crippen molar-refractivity contribution in [1.82, 2.24) is 5.32 Å². The minimum Gasteiger partial charge on any atom is -0.355 e. The standard InChI is InChI=1S/C16H15ClN2O3S/c1-18-16(22)10-2-4-11(5-3-10)19-15(21)9-6-12(20)13-7-8-14(17)23-13/h2-5,7-8H,6,9H2,1H3,(H,18,22)(H,19,21). The Balaban J connectivity index is 1.85. The van der Waals surface area contributed by atoms with Gasteiger partial charge in [0, 0.05) is 31.1 Å². The highest BCUT2D eigenvalue weighted by atomic mass is 35.5. The molecule has 0 saturated carbocycles. The molecule has 5 nitrogen and oxygen atoms in total. The largest absolute Gasteiger partial charge is 0.355 e. The summed E-state index contributed by atoms with van der Waals surface area (Å²) in [6.07, 6.45) is 0.213. The van der Waals surface area contributed by atoms with Gasteiger partial charge >= 0.3 is 0 Å². The van der Waals surface area contributed by atoms with Crippen LogP contribution < -0.4 is 10.6 Å². The Bertz CT molecular complexity index is 725. The van der Waals surface area contributed by atoms with E-state index in [0.717, 1.165) is 0 Å². The molecule has 2 amide bonds. The maximum atomic E-state index is 11.9. The van der Waals surface area contributed by atoms with E-state index in [1.807, 2.05) is 0 Å². The lowest BCUT2D eigenvalue weighted by atomic mass is 10.1. The SMILES string of the molecule is CNC(=O)c1ccc(NC(=O)CCC(=O)c2ccc(Cl)s2)cc1. The van der Waals surface area contributed by atoms with E-state index in [4.69, 9.17) is 11.6 Å². The number of rotatable bonds is 6. The third-order valence-corrected chi connectivity index (χ3v) is 4.36. The number of Topliss-reactive ketones (excluding diaryl/α,β-unsaturated/α-hetero) is 1. The van der Waals surface area contributed by atoms with Gasteiger partial charge in [-0.3, -0.25) is 14.4 Å². The number of anilines is 1. The first-order valence-electron chi connectivity index (χ1n) is 6.90. The number of benzene rings is 1. The highest BCUT2D eigenvalue weighted by Gasteiger charge is 2.12. The van der Waals surface area contributed by atoms with Crippen LogP contribution in [0.4, 0.5) is 5.69 Å². The van der Waals surface area contributed by atoms with Gasteiger partial charge < -0.3 is 10.6 Å².